The number of hydrogen-bond acceptors (Lipinski definition) is 4. The van der Waals surface area contributed by atoms with E-state index in [0.717, 1.165) is 18.5 Å². The second-order valence-corrected chi connectivity index (χ2v) is 8.99. The first-order valence-electron chi connectivity index (χ1n) is 9.86. The number of para-hydroxylation sites is 1. The van der Waals surface area contributed by atoms with Gasteiger partial charge in [0.2, 0.25) is 5.91 Å². The van der Waals surface area contributed by atoms with Crippen molar-refractivity contribution in [1.82, 2.24) is 9.55 Å². The number of aryl methyl sites for hydroxylation is 1. The van der Waals surface area contributed by atoms with Gasteiger partial charge in [-0.3, -0.25) is 14.2 Å². The summed E-state index contributed by atoms with van der Waals surface area (Å²) in [6, 6.07) is 13.1. The molecule has 154 valence electrons. The maximum Gasteiger partial charge on any atom is 0.262 e. The second kappa shape index (κ2) is 8.66. The highest BCUT2D eigenvalue weighted by molar-refractivity contribution is 8.00. The standard InChI is InChI=1S/C23H22ClN3O2S/c1-3-12-27-22(29)18-11-10-17(24)14-19(18)25-23(27)30-15(2)21(28)26-13-6-8-16-7-4-5-9-20(16)26/h3-5,7,9-11,14-15H,1,6,8,12-13H2,2H3/t15-/m0/s1. The van der Waals surface area contributed by atoms with Crippen LogP contribution in [-0.2, 0) is 17.8 Å². The minimum Gasteiger partial charge on any atom is -0.311 e. The number of thioether (sulfide) groups is 1. The van der Waals surface area contributed by atoms with Gasteiger partial charge in [-0.25, -0.2) is 4.98 Å². The lowest BCUT2D eigenvalue weighted by Gasteiger charge is -2.31. The molecule has 1 amide bonds. The van der Waals surface area contributed by atoms with Gasteiger partial charge in [-0.15, -0.1) is 6.58 Å². The summed E-state index contributed by atoms with van der Waals surface area (Å²) >= 11 is 7.39. The minimum absolute atomic E-state index is 0.0118. The first kappa shape index (κ1) is 20.7. The lowest BCUT2D eigenvalue weighted by Crippen LogP contribution is -2.40. The van der Waals surface area contributed by atoms with Crippen molar-refractivity contribution < 1.29 is 4.79 Å². The van der Waals surface area contributed by atoms with Gasteiger partial charge in [0.15, 0.2) is 5.16 Å². The molecule has 2 heterocycles. The van der Waals surface area contributed by atoms with Crippen molar-refractivity contribution in [3.63, 3.8) is 0 Å². The van der Waals surface area contributed by atoms with E-state index in [9.17, 15) is 9.59 Å². The maximum atomic E-state index is 13.3. The first-order valence-corrected chi connectivity index (χ1v) is 11.1. The zero-order valence-electron chi connectivity index (χ0n) is 16.7. The molecule has 0 fully saturated rings. The number of rotatable bonds is 5. The van der Waals surface area contributed by atoms with E-state index in [4.69, 9.17) is 11.6 Å². The first-order chi connectivity index (χ1) is 14.5. The van der Waals surface area contributed by atoms with Gasteiger partial charge in [-0.1, -0.05) is 47.6 Å². The Hall–Kier alpha value is -2.57. The smallest absolute Gasteiger partial charge is 0.262 e. The summed E-state index contributed by atoms with van der Waals surface area (Å²) in [7, 11) is 0. The van der Waals surface area contributed by atoms with Gasteiger partial charge in [0.25, 0.3) is 5.56 Å². The quantitative estimate of drug-likeness (QED) is 0.328. The molecule has 2 aromatic carbocycles. The van der Waals surface area contributed by atoms with E-state index in [2.05, 4.69) is 17.6 Å². The van der Waals surface area contributed by atoms with E-state index in [1.165, 1.54) is 17.3 Å². The van der Waals surface area contributed by atoms with Crippen LogP contribution in [0.5, 0.6) is 0 Å². The van der Waals surface area contributed by atoms with Crippen molar-refractivity contribution in [3.8, 4) is 0 Å². The van der Waals surface area contributed by atoms with E-state index in [1.807, 2.05) is 30.0 Å². The summed E-state index contributed by atoms with van der Waals surface area (Å²) in [4.78, 5) is 32.8. The third kappa shape index (κ3) is 3.89. The molecule has 1 aliphatic heterocycles. The highest BCUT2D eigenvalue weighted by Crippen LogP contribution is 2.31. The van der Waals surface area contributed by atoms with Crippen LogP contribution in [0.15, 0.2) is 65.1 Å². The summed E-state index contributed by atoms with van der Waals surface area (Å²) in [5.74, 6) is 0.0118. The molecule has 7 heteroatoms. The van der Waals surface area contributed by atoms with Gasteiger partial charge in [0.1, 0.15) is 0 Å². The fraction of sp³-hybridized carbons (Fsp3) is 0.261. The fourth-order valence-electron chi connectivity index (χ4n) is 3.74. The van der Waals surface area contributed by atoms with Crippen molar-refractivity contribution in [3.05, 3.63) is 76.1 Å². The average Bonchev–Trinajstić information content (AvgIpc) is 2.75. The SMILES string of the molecule is C=CCn1c(S[C@@H](C)C(=O)N2CCCc3ccccc32)nc2cc(Cl)ccc2c1=O. The van der Waals surface area contributed by atoms with Crippen LogP contribution in [0, 0.1) is 0 Å². The third-order valence-corrected chi connectivity index (χ3v) is 6.51. The Labute approximate surface area is 184 Å². The molecule has 4 rings (SSSR count). The molecule has 0 saturated carbocycles. The number of hydrogen-bond donors (Lipinski definition) is 0. The van der Waals surface area contributed by atoms with Crippen LogP contribution in [-0.4, -0.2) is 27.3 Å². The number of anilines is 1. The Morgan fingerprint density at radius 2 is 2.13 bits per heavy atom. The average molecular weight is 440 g/mol. The zero-order chi connectivity index (χ0) is 21.3. The van der Waals surface area contributed by atoms with Crippen LogP contribution in [0.1, 0.15) is 18.9 Å². The van der Waals surface area contributed by atoms with Crippen LogP contribution in [0.25, 0.3) is 10.9 Å². The molecule has 0 saturated heterocycles. The van der Waals surface area contributed by atoms with Crippen molar-refractivity contribution in [2.75, 3.05) is 11.4 Å². The molecule has 0 aliphatic carbocycles. The summed E-state index contributed by atoms with van der Waals surface area (Å²) in [5.41, 5.74) is 2.53. The lowest BCUT2D eigenvalue weighted by atomic mass is 10.0. The molecule has 0 spiro atoms. The second-order valence-electron chi connectivity index (χ2n) is 7.24. The minimum atomic E-state index is -0.407. The van der Waals surface area contributed by atoms with E-state index < -0.39 is 5.25 Å². The summed E-state index contributed by atoms with van der Waals surface area (Å²) in [6.45, 7) is 6.63. The monoisotopic (exact) mass is 439 g/mol. The number of halogens is 1. The number of nitrogens with zero attached hydrogens (tertiary/aromatic N) is 3. The molecule has 5 nitrogen and oxygen atoms in total. The third-order valence-electron chi connectivity index (χ3n) is 5.20. The molecule has 1 aliphatic rings. The number of benzene rings is 2. The summed E-state index contributed by atoms with van der Waals surface area (Å²) in [6.07, 6.45) is 3.57. The normalized spacial score (nSPS) is 14.4. The van der Waals surface area contributed by atoms with E-state index in [0.29, 0.717) is 34.2 Å². The predicted octanol–water partition coefficient (Wildman–Crippen LogP) is 4.70. The highest BCUT2D eigenvalue weighted by Gasteiger charge is 2.28. The van der Waals surface area contributed by atoms with Gasteiger partial charge in [-0.05, 0) is 49.6 Å². The number of fused-ring (bicyclic) bond motifs is 2. The molecule has 0 radical (unpaired) electrons. The van der Waals surface area contributed by atoms with Crippen LogP contribution >= 0.6 is 23.4 Å². The van der Waals surface area contributed by atoms with Gasteiger partial charge in [-0.2, -0.15) is 0 Å². The van der Waals surface area contributed by atoms with Gasteiger partial charge >= 0.3 is 0 Å². The molecular weight excluding hydrogens is 418 g/mol. The van der Waals surface area contributed by atoms with E-state index in [1.54, 1.807) is 28.8 Å². The van der Waals surface area contributed by atoms with Crippen molar-refractivity contribution >= 4 is 45.9 Å². The maximum absolute atomic E-state index is 13.3. The Morgan fingerprint density at radius 3 is 2.93 bits per heavy atom. The molecule has 30 heavy (non-hydrogen) atoms. The van der Waals surface area contributed by atoms with E-state index >= 15 is 0 Å². The molecular formula is C23H22ClN3O2S. The molecule has 1 atom stereocenters. The molecule has 0 N–H and O–H groups in total. The topological polar surface area (TPSA) is 55.2 Å². The number of aromatic nitrogens is 2. The highest BCUT2D eigenvalue weighted by atomic mass is 35.5. The van der Waals surface area contributed by atoms with Crippen LogP contribution in [0.4, 0.5) is 5.69 Å². The number of amides is 1. The number of carbonyl (C=O) groups excluding carboxylic acids is 1. The Kier molecular flexibility index (Phi) is 5.97. The fourth-order valence-corrected chi connectivity index (χ4v) is 4.89. The molecule has 3 aromatic rings. The van der Waals surface area contributed by atoms with Crippen LogP contribution < -0.4 is 10.5 Å². The Balaban J connectivity index is 1.68. The zero-order valence-corrected chi connectivity index (χ0v) is 18.2. The Bertz CT molecular complexity index is 1190. The largest absolute Gasteiger partial charge is 0.311 e. The molecule has 1 aromatic heterocycles. The van der Waals surface area contributed by atoms with Crippen molar-refractivity contribution in [2.24, 2.45) is 0 Å². The van der Waals surface area contributed by atoms with Crippen molar-refractivity contribution in [2.45, 2.75) is 36.7 Å². The molecule has 0 unspecified atom stereocenters. The number of allylic oxidation sites excluding steroid dienone is 1. The molecule has 0 bridgehead atoms. The van der Waals surface area contributed by atoms with Crippen LogP contribution in [0.2, 0.25) is 5.02 Å². The lowest BCUT2D eigenvalue weighted by molar-refractivity contribution is -0.117. The Morgan fingerprint density at radius 1 is 1.33 bits per heavy atom. The van der Waals surface area contributed by atoms with Crippen LogP contribution in [0.3, 0.4) is 0 Å². The van der Waals surface area contributed by atoms with Crippen molar-refractivity contribution in [1.29, 1.82) is 0 Å². The van der Waals surface area contributed by atoms with Gasteiger partial charge in [0, 0.05) is 23.8 Å². The van der Waals surface area contributed by atoms with Gasteiger partial charge in [0.05, 0.1) is 16.2 Å². The van der Waals surface area contributed by atoms with Gasteiger partial charge < -0.3 is 4.90 Å². The number of carbonyl (C=O) groups is 1. The summed E-state index contributed by atoms with van der Waals surface area (Å²) in [5, 5.41) is 1.09. The summed E-state index contributed by atoms with van der Waals surface area (Å²) < 4.78 is 1.56. The predicted molar refractivity (Wildman–Crippen MR) is 124 cm³/mol. The van der Waals surface area contributed by atoms with E-state index in [-0.39, 0.29) is 11.5 Å².